The Morgan fingerprint density at radius 1 is 1.67 bits per heavy atom. The summed E-state index contributed by atoms with van der Waals surface area (Å²) in [4.78, 5) is 13.9. The number of halogens is 1. The first-order valence-electron chi connectivity index (χ1n) is 3.91. The fraction of sp³-hybridized carbons (Fsp3) is 0.143. The third-order valence-corrected chi connectivity index (χ3v) is 2.58. The fourth-order valence-electron chi connectivity index (χ4n) is 1.07. The normalized spacial score (nSPS) is 10.5. The highest BCUT2D eigenvalue weighted by molar-refractivity contribution is 7.07. The zero-order chi connectivity index (χ0) is 10.8. The molecule has 2 aromatic heterocycles. The fourth-order valence-corrected chi connectivity index (χ4v) is 1.84. The summed E-state index contributed by atoms with van der Waals surface area (Å²) in [6, 6.07) is 0. The lowest BCUT2D eigenvalue weighted by Crippen LogP contribution is -2.01. The Bertz CT molecular complexity index is 481. The van der Waals surface area contributed by atoms with Crippen molar-refractivity contribution in [1.82, 2.24) is 14.8 Å². The first kappa shape index (κ1) is 10.1. The third-order valence-electron chi connectivity index (χ3n) is 1.68. The maximum absolute atomic E-state index is 10.5. The van der Waals surface area contributed by atoms with Gasteiger partial charge in [0.25, 0.3) is 0 Å². The molecule has 78 valence electrons. The molecule has 0 aliphatic rings. The van der Waals surface area contributed by atoms with Crippen LogP contribution in [-0.2, 0) is 6.54 Å². The number of rotatable bonds is 3. The van der Waals surface area contributed by atoms with Gasteiger partial charge in [0.15, 0.2) is 5.02 Å². The van der Waals surface area contributed by atoms with E-state index in [0.717, 1.165) is 5.69 Å². The molecule has 0 fully saturated rings. The summed E-state index contributed by atoms with van der Waals surface area (Å²) in [5, 5.41) is 16.1. The van der Waals surface area contributed by atoms with Gasteiger partial charge in [0.05, 0.1) is 22.5 Å². The lowest BCUT2D eigenvalue weighted by molar-refractivity contribution is -0.389. The van der Waals surface area contributed by atoms with E-state index in [0.29, 0.717) is 6.54 Å². The topological polar surface area (TPSA) is 73.8 Å². The second-order valence-electron chi connectivity index (χ2n) is 2.74. The van der Waals surface area contributed by atoms with Gasteiger partial charge < -0.3 is 10.1 Å². The average Bonchev–Trinajstić information content (AvgIpc) is 2.75. The van der Waals surface area contributed by atoms with Crippen LogP contribution in [-0.4, -0.2) is 19.7 Å². The molecular formula is C7H5ClN4O2S. The highest BCUT2D eigenvalue weighted by Gasteiger charge is 2.19. The largest absolute Gasteiger partial charge is 0.408 e. The van der Waals surface area contributed by atoms with Crippen LogP contribution in [0, 0.1) is 10.1 Å². The van der Waals surface area contributed by atoms with E-state index in [1.165, 1.54) is 22.2 Å². The molecule has 8 heteroatoms. The lowest BCUT2D eigenvalue weighted by atomic mass is 10.5. The van der Waals surface area contributed by atoms with Crippen LogP contribution in [0.1, 0.15) is 5.69 Å². The summed E-state index contributed by atoms with van der Waals surface area (Å²) in [5.41, 5.74) is 2.49. The molecule has 0 saturated carbocycles. The van der Waals surface area contributed by atoms with Crippen molar-refractivity contribution >= 4 is 28.8 Å². The molecule has 0 unspecified atom stereocenters. The lowest BCUT2D eigenvalue weighted by Gasteiger charge is -1.90. The zero-order valence-electron chi connectivity index (χ0n) is 7.33. The number of nitrogens with zero attached hydrogens (tertiary/aromatic N) is 4. The van der Waals surface area contributed by atoms with Crippen molar-refractivity contribution in [2.75, 3.05) is 0 Å². The first-order valence-corrected chi connectivity index (χ1v) is 5.23. The monoisotopic (exact) mass is 244 g/mol. The Morgan fingerprint density at radius 3 is 3.00 bits per heavy atom. The molecular weight excluding hydrogens is 240 g/mol. The molecule has 0 aliphatic carbocycles. The van der Waals surface area contributed by atoms with Crippen LogP contribution in [0.2, 0.25) is 5.02 Å². The molecule has 15 heavy (non-hydrogen) atoms. The highest BCUT2D eigenvalue weighted by atomic mass is 35.5. The molecule has 0 atom stereocenters. The maximum atomic E-state index is 10.5. The minimum absolute atomic E-state index is 0.0372. The van der Waals surface area contributed by atoms with Gasteiger partial charge in [0.2, 0.25) is 0 Å². The van der Waals surface area contributed by atoms with E-state index in [1.54, 1.807) is 5.51 Å². The van der Waals surface area contributed by atoms with E-state index in [4.69, 9.17) is 11.6 Å². The van der Waals surface area contributed by atoms with Crippen molar-refractivity contribution in [2.45, 2.75) is 6.54 Å². The van der Waals surface area contributed by atoms with Crippen LogP contribution < -0.4 is 0 Å². The van der Waals surface area contributed by atoms with E-state index >= 15 is 0 Å². The Balaban J connectivity index is 2.23. The number of hydrogen-bond donors (Lipinski definition) is 0. The molecule has 0 spiro atoms. The van der Waals surface area contributed by atoms with Gasteiger partial charge in [-0.05, 0) is 4.92 Å². The molecule has 0 amide bonds. The molecule has 6 nitrogen and oxygen atoms in total. The first-order chi connectivity index (χ1) is 7.16. The van der Waals surface area contributed by atoms with E-state index in [-0.39, 0.29) is 10.8 Å². The van der Waals surface area contributed by atoms with E-state index in [9.17, 15) is 10.1 Å². The number of nitro groups is 1. The van der Waals surface area contributed by atoms with Crippen LogP contribution in [0.25, 0.3) is 0 Å². The van der Waals surface area contributed by atoms with Gasteiger partial charge in [-0.25, -0.2) is 4.98 Å². The van der Waals surface area contributed by atoms with Gasteiger partial charge in [0, 0.05) is 5.38 Å². The van der Waals surface area contributed by atoms with Crippen molar-refractivity contribution in [2.24, 2.45) is 0 Å². The summed E-state index contributed by atoms with van der Waals surface area (Å²) >= 11 is 7.09. The molecule has 2 rings (SSSR count). The highest BCUT2D eigenvalue weighted by Crippen LogP contribution is 2.21. The molecule has 0 saturated heterocycles. The standard InChI is InChI=1S/C7H5ClN4O2S/c8-6-2-11(10-7(6)12(13)14)1-5-3-15-4-9-5/h2-4H,1H2. The second-order valence-corrected chi connectivity index (χ2v) is 3.86. The van der Waals surface area contributed by atoms with Crippen LogP contribution in [0.15, 0.2) is 17.1 Å². The van der Waals surface area contributed by atoms with Gasteiger partial charge in [-0.1, -0.05) is 11.6 Å². The van der Waals surface area contributed by atoms with Crippen molar-refractivity contribution in [3.63, 3.8) is 0 Å². The van der Waals surface area contributed by atoms with Gasteiger partial charge >= 0.3 is 5.82 Å². The summed E-state index contributed by atoms with van der Waals surface area (Å²) < 4.78 is 1.40. The second kappa shape index (κ2) is 3.95. The smallest absolute Gasteiger partial charge is 0.358 e. The van der Waals surface area contributed by atoms with Crippen LogP contribution in [0.4, 0.5) is 5.82 Å². The maximum Gasteiger partial charge on any atom is 0.408 e. The van der Waals surface area contributed by atoms with Gasteiger partial charge in [-0.2, -0.15) is 4.68 Å². The van der Waals surface area contributed by atoms with E-state index < -0.39 is 4.92 Å². The minimum atomic E-state index is -0.611. The number of aromatic nitrogens is 3. The van der Waals surface area contributed by atoms with Crippen molar-refractivity contribution in [1.29, 1.82) is 0 Å². The SMILES string of the molecule is O=[N+]([O-])c1nn(Cc2cscn2)cc1Cl. The summed E-state index contributed by atoms with van der Waals surface area (Å²) in [5.74, 6) is -0.327. The minimum Gasteiger partial charge on any atom is -0.358 e. The molecule has 0 aromatic carbocycles. The third kappa shape index (κ3) is 2.13. The van der Waals surface area contributed by atoms with Gasteiger partial charge in [-0.3, -0.25) is 0 Å². The molecule has 0 radical (unpaired) electrons. The van der Waals surface area contributed by atoms with Gasteiger partial charge in [-0.15, -0.1) is 11.3 Å². The quantitative estimate of drug-likeness (QED) is 0.611. The van der Waals surface area contributed by atoms with E-state index in [1.807, 2.05) is 5.38 Å². The van der Waals surface area contributed by atoms with Crippen LogP contribution in [0.3, 0.4) is 0 Å². The molecule has 0 aliphatic heterocycles. The number of hydrogen-bond acceptors (Lipinski definition) is 5. The average molecular weight is 245 g/mol. The van der Waals surface area contributed by atoms with E-state index in [2.05, 4.69) is 10.1 Å². The molecule has 0 bridgehead atoms. The molecule has 2 heterocycles. The van der Waals surface area contributed by atoms with Crippen LogP contribution in [0.5, 0.6) is 0 Å². The summed E-state index contributed by atoms with van der Waals surface area (Å²) in [6.45, 7) is 0.386. The van der Waals surface area contributed by atoms with Crippen molar-refractivity contribution in [3.05, 3.63) is 37.9 Å². The molecule has 2 aromatic rings. The molecule has 0 N–H and O–H groups in total. The Morgan fingerprint density at radius 2 is 2.47 bits per heavy atom. The predicted molar refractivity (Wildman–Crippen MR) is 55.1 cm³/mol. The van der Waals surface area contributed by atoms with Crippen LogP contribution >= 0.6 is 22.9 Å². The Hall–Kier alpha value is -1.47. The summed E-state index contributed by atoms with van der Waals surface area (Å²) in [6.07, 6.45) is 1.42. The Kier molecular flexibility index (Phi) is 2.65. The number of thiazole rings is 1. The Labute approximate surface area is 93.3 Å². The summed E-state index contributed by atoms with van der Waals surface area (Å²) in [7, 11) is 0. The van der Waals surface area contributed by atoms with Crippen molar-refractivity contribution < 1.29 is 4.92 Å². The van der Waals surface area contributed by atoms with Gasteiger partial charge in [0.1, 0.15) is 6.54 Å². The van der Waals surface area contributed by atoms with Crippen molar-refractivity contribution in [3.8, 4) is 0 Å². The predicted octanol–water partition coefficient (Wildman–Crippen LogP) is 1.95. The zero-order valence-corrected chi connectivity index (χ0v) is 8.90.